The lowest BCUT2D eigenvalue weighted by Gasteiger charge is -2.30. The SMILES string of the molecule is NCC1(C(=O)Nc2ccc(F)cc2Br)CCCCCC1. The number of carbonyl (C=O) groups is 1. The Morgan fingerprint density at radius 3 is 2.50 bits per heavy atom. The van der Waals surface area contributed by atoms with Crippen LogP contribution in [0.25, 0.3) is 0 Å². The van der Waals surface area contributed by atoms with Gasteiger partial charge in [-0.05, 0) is 47.0 Å². The minimum atomic E-state index is -0.482. The summed E-state index contributed by atoms with van der Waals surface area (Å²) in [6, 6.07) is 4.25. The molecular weight excluding hydrogens is 323 g/mol. The van der Waals surface area contributed by atoms with Gasteiger partial charge in [0, 0.05) is 11.0 Å². The van der Waals surface area contributed by atoms with Crippen LogP contribution in [0.15, 0.2) is 22.7 Å². The molecule has 1 aromatic rings. The predicted octanol–water partition coefficient (Wildman–Crippen LogP) is 3.83. The number of hydrogen-bond acceptors (Lipinski definition) is 2. The van der Waals surface area contributed by atoms with Crippen molar-refractivity contribution in [2.45, 2.75) is 38.5 Å². The topological polar surface area (TPSA) is 55.1 Å². The molecule has 0 unspecified atom stereocenters. The standard InChI is InChI=1S/C15H20BrFN2O/c16-12-9-11(17)5-6-13(12)19-14(20)15(10-18)7-3-1-2-4-8-15/h5-6,9H,1-4,7-8,10,18H2,(H,19,20). The number of rotatable bonds is 3. The third kappa shape index (κ3) is 3.38. The van der Waals surface area contributed by atoms with Crippen molar-refractivity contribution in [1.82, 2.24) is 0 Å². The lowest BCUT2D eigenvalue weighted by Crippen LogP contribution is -2.42. The maximum Gasteiger partial charge on any atom is 0.231 e. The van der Waals surface area contributed by atoms with E-state index in [0.717, 1.165) is 38.5 Å². The average Bonchev–Trinajstić information content (AvgIpc) is 2.68. The molecule has 3 nitrogen and oxygen atoms in total. The minimum absolute atomic E-state index is 0.0470. The van der Waals surface area contributed by atoms with Crippen LogP contribution in [0.1, 0.15) is 38.5 Å². The van der Waals surface area contributed by atoms with E-state index in [1.807, 2.05) is 0 Å². The van der Waals surface area contributed by atoms with E-state index in [2.05, 4.69) is 21.2 Å². The van der Waals surface area contributed by atoms with E-state index in [9.17, 15) is 9.18 Å². The van der Waals surface area contributed by atoms with E-state index >= 15 is 0 Å². The third-order valence-electron chi connectivity index (χ3n) is 4.11. The molecule has 1 aromatic carbocycles. The van der Waals surface area contributed by atoms with E-state index in [4.69, 9.17) is 5.73 Å². The molecule has 0 atom stereocenters. The zero-order valence-corrected chi connectivity index (χ0v) is 13.0. The van der Waals surface area contributed by atoms with E-state index < -0.39 is 5.41 Å². The number of carbonyl (C=O) groups excluding carboxylic acids is 1. The Kier molecular flexibility index (Phi) is 5.16. The Hall–Kier alpha value is -0.940. The monoisotopic (exact) mass is 342 g/mol. The van der Waals surface area contributed by atoms with Crippen LogP contribution in [-0.2, 0) is 4.79 Å². The number of amides is 1. The van der Waals surface area contributed by atoms with Crippen LogP contribution < -0.4 is 11.1 Å². The van der Waals surface area contributed by atoms with Crippen LogP contribution in [-0.4, -0.2) is 12.5 Å². The van der Waals surface area contributed by atoms with E-state index in [0.29, 0.717) is 16.7 Å². The quantitative estimate of drug-likeness (QED) is 0.820. The van der Waals surface area contributed by atoms with Crippen LogP contribution in [0.2, 0.25) is 0 Å². The van der Waals surface area contributed by atoms with Crippen molar-refractivity contribution >= 4 is 27.5 Å². The molecule has 0 saturated heterocycles. The highest BCUT2D eigenvalue weighted by Gasteiger charge is 2.37. The van der Waals surface area contributed by atoms with Gasteiger partial charge in [-0.2, -0.15) is 0 Å². The lowest BCUT2D eigenvalue weighted by molar-refractivity contribution is -0.125. The molecule has 0 bridgehead atoms. The van der Waals surface area contributed by atoms with Crippen molar-refractivity contribution in [3.05, 3.63) is 28.5 Å². The van der Waals surface area contributed by atoms with Crippen molar-refractivity contribution in [1.29, 1.82) is 0 Å². The molecule has 0 spiro atoms. The molecule has 20 heavy (non-hydrogen) atoms. The molecule has 0 heterocycles. The van der Waals surface area contributed by atoms with Gasteiger partial charge in [0.15, 0.2) is 0 Å². The van der Waals surface area contributed by atoms with Gasteiger partial charge in [0.2, 0.25) is 5.91 Å². The van der Waals surface area contributed by atoms with Gasteiger partial charge in [-0.1, -0.05) is 25.7 Å². The molecule has 3 N–H and O–H groups in total. The second-order valence-corrected chi connectivity index (χ2v) is 6.33. The maximum atomic E-state index is 13.1. The molecule has 2 rings (SSSR count). The molecule has 0 radical (unpaired) electrons. The first kappa shape index (κ1) is 15.4. The highest BCUT2D eigenvalue weighted by molar-refractivity contribution is 9.10. The fraction of sp³-hybridized carbons (Fsp3) is 0.533. The first-order valence-electron chi connectivity index (χ1n) is 7.04. The molecule has 1 fully saturated rings. The van der Waals surface area contributed by atoms with E-state index in [1.54, 1.807) is 6.07 Å². The first-order chi connectivity index (χ1) is 9.57. The molecule has 1 amide bonds. The average molecular weight is 343 g/mol. The Morgan fingerprint density at radius 2 is 1.95 bits per heavy atom. The summed E-state index contributed by atoms with van der Waals surface area (Å²) in [5.74, 6) is -0.382. The Morgan fingerprint density at radius 1 is 1.30 bits per heavy atom. The maximum absolute atomic E-state index is 13.1. The van der Waals surface area contributed by atoms with Crippen LogP contribution in [0.4, 0.5) is 10.1 Å². The fourth-order valence-corrected chi connectivity index (χ4v) is 3.22. The molecule has 1 aliphatic carbocycles. The predicted molar refractivity (Wildman–Crippen MR) is 81.9 cm³/mol. The summed E-state index contributed by atoms with van der Waals surface area (Å²) in [7, 11) is 0. The van der Waals surface area contributed by atoms with Crippen LogP contribution in [0.3, 0.4) is 0 Å². The van der Waals surface area contributed by atoms with Crippen molar-refractivity contribution in [3.63, 3.8) is 0 Å². The van der Waals surface area contributed by atoms with Crippen LogP contribution in [0, 0.1) is 11.2 Å². The molecule has 110 valence electrons. The molecular formula is C15H20BrFN2O. The fourth-order valence-electron chi connectivity index (χ4n) is 2.77. The van der Waals surface area contributed by atoms with Gasteiger partial charge in [0.1, 0.15) is 5.82 Å². The van der Waals surface area contributed by atoms with Crippen molar-refractivity contribution in [2.24, 2.45) is 11.1 Å². The number of nitrogens with two attached hydrogens (primary N) is 1. The molecule has 0 aliphatic heterocycles. The Labute approximate surface area is 127 Å². The van der Waals surface area contributed by atoms with Crippen LogP contribution >= 0.6 is 15.9 Å². The highest BCUT2D eigenvalue weighted by Crippen LogP contribution is 2.36. The summed E-state index contributed by atoms with van der Waals surface area (Å²) < 4.78 is 13.6. The summed E-state index contributed by atoms with van der Waals surface area (Å²) in [6.45, 7) is 0.359. The number of hydrogen-bond donors (Lipinski definition) is 2. The smallest absolute Gasteiger partial charge is 0.231 e. The summed E-state index contributed by atoms with van der Waals surface area (Å²) in [4.78, 5) is 12.6. The molecule has 1 aliphatic rings. The van der Waals surface area contributed by atoms with Gasteiger partial charge < -0.3 is 11.1 Å². The number of halogens is 2. The van der Waals surface area contributed by atoms with Gasteiger partial charge in [0.25, 0.3) is 0 Å². The van der Waals surface area contributed by atoms with E-state index in [-0.39, 0.29) is 11.7 Å². The molecule has 1 saturated carbocycles. The normalized spacial score (nSPS) is 18.4. The molecule has 5 heteroatoms. The summed E-state index contributed by atoms with van der Waals surface area (Å²) in [6.07, 6.45) is 6.05. The lowest BCUT2D eigenvalue weighted by atomic mass is 9.79. The van der Waals surface area contributed by atoms with Gasteiger partial charge in [-0.3, -0.25) is 4.79 Å². The van der Waals surface area contributed by atoms with Gasteiger partial charge in [0.05, 0.1) is 11.1 Å². The van der Waals surface area contributed by atoms with Crippen LogP contribution in [0.5, 0.6) is 0 Å². The zero-order valence-electron chi connectivity index (χ0n) is 11.4. The van der Waals surface area contributed by atoms with Gasteiger partial charge >= 0.3 is 0 Å². The summed E-state index contributed by atoms with van der Waals surface area (Å²) in [5.41, 5.74) is 6.00. The van der Waals surface area contributed by atoms with Crippen molar-refractivity contribution in [2.75, 3.05) is 11.9 Å². The second kappa shape index (κ2) is 6.68. The Balaban J connectivity index is 2.16. The number of nitrogens with one attached hydrogen (secondary N) is 1. The van der Waals surface area contributed by atoms with Gasteiger partial charge in [-0.15, -0.1) is 0 Å². The number of anilines is 1. The third-order valence-corrected chi connectivity index (χ3v) is 4.77. The summed E-state index contributed by atoms with van der Waals surface area (Å²) in [5, 5.41) is 2.89. The van der Waals surface area contributed by atoms with Crippen molar-refractivity contribution < 1.29 is 9.18 Å². The largest absolute Gasteiger partial charge is 0.329 e. The Bertz CT molecular complexity index is 485. The van der Waals surface area contributed by atoms with Gasteiger partial charge in [-0.25, -0.2) is 4.39 Å². The minimum Gasteiger partial charge on any atom is -0.329 e. The summed E-state index contributed by atoms with van der Waals surface area (Å²) >= 11 is 3.27. The second-order valence-electron chi connectivity index (χ2n) is 5.48. The van der Waals surface area contributed by atoms with Crippen molar-refractivity contribution in [3.8, 4) is 0 Å². The van der Waals surface area contributed by atoms with E-state index in [1.165, 1.54) is 12.1 Å². The number of benzene rings is 1. The molecule has 0 aromatic heterocycles. The highest BCUT2D eigenvalue weighted by atomic mass is 79.9. The first-order valence-corrected chi connectivity index (χ1v) is 7.83. The zero-order chi connectivity index (χ0) is 14.6.